The highest BCUT2D eigenvalue weighted by Gasteiger charge is 2.23. The lowest BCUT2D eigenvalue weighted by Gasteiger charge is -2.20. The summed E-state index contributed by atoms with van der Waals surface area (Å²) in [5.41, 5.74) is 2.56. The molecule has 0 bridgehead atoms. The Bertz CT molecular complexity index is 399. The molecular formula is C16H27N3. The van der Waals surface area contributed by atoms with Crippen LogP contribution in [0.5, 0.6) is 0 Å². The molecule has 0 amide bonds. The molecule has 1 aliphatic rings. The molecule has 0 aliphatic heterocycles. The molecule has 1 N–H and O–H groups in total. The molecule has 0 spiro atoms. The van der Waals surface area contributed by atoms with Crippen LogP contribution in [0.25, 0.3) is 0 Å². The molecular weight excluding hydrogens is 234 g/mol. The average molecular weight is 261 g/mol. The van der Waals surface area contributed by atoms with Gasteiger partial charge in [0.05, 0.1) is 0 Å². The third kappa shape index (κ3) is 4.50. The molecule has 3 nitrogen and oxygen atoms in total. The summed E-state index contributed by atoms with van der Waals surface area (Å²) in [7, 11) is 2.17. The van der Waals surface area contributed by atoms with Crippen LogP contribution in [-0.2, 0) is 13.0 Å². The summed E-state index contributed by atoms with van der Waals surface area (Å²) in [6.07, 6.45) is 4.97. The zero-order valence-corrected chi connectivity index (χ0v) is 12.6. The second-order valence-electron chi connectivity index (χ2n) is 5.68. The van der Waals surface area contributed by atoms with E-state index in [0.717, 1.165) is 37.8 Å². The van der Waals surface area contributed by atoms with Crippen molar-refractivity contribution in [2.75, 3.05) is 25.0 Å². The smallest absolute Gasteiger partial charge is 0.128 e. The van der Waals surface area contributed by atoms with Crippen LogP contribution in [0.4, 0.5) is 5.82 Å². The molecule has 0 atom stereocenters. The first kappa shape index (κ1) is 14.3. The molecule has 19 heavy (non-hydrogen) atoms. The maximum absolute atomic E-state index is 4.76. The summed E-state index contributed by atoms with van der Waals surface area (Å²) in [6.45, 7) is 7.56. The fourth-order valence-electron chi connectivity index (χ4n) is 2.30. The second kappa shape index (κ2) is 6.90. The lowest BCUT2D eigenvalue weighted by Crippen LogP contribution is -2.22. The standard InChI is InChI=1S/C16H27N3/c1-4-8-17-11-14-9-15(5-2)18-16(10-14)19(3)12-13-6-7-13/h9-10,13,17H,4-8,11-12H2,1-3H3. The van der Waals surface area contributed by atoms with Crippen molar-refractivity contribution in [2.45, 2.75) is 46.1 Å². The third-order valence-electron chi connectivity index (χ3n) is 3.66. The van der Waals surface area contributed by atoms with Gasteiger partial charge in [-0.05, 0) is 55.8 Å². The van der Waals surface area contributed by atoms with Gasteiger partial charge in [-0.2, -0.15) is 0 Å². The SMILES string of the molecule is CCCNCc1cc(CC)nc(N(C)CC2CC2)c1. The van der Waals surface area contributed by atoms with E-state index in [9.17, 15) is 0 Å². The van der Waals surface area contributed by atoms with Crippen LogP contribution < -0.4 is 10.2 Å². The average Bonchev–Trinajstić information content (AvgIpc) is 3.22. The van der Waals surface area contributed by atoms with Crippen LogP contribution in [0.3, 0.4) is 0 Å². The fraction of sp³-hybridized carbons (Fsp3) is 0.688. The topological polar surface area (TPSA) is 28.2 Å². The molecule has 1 aromatic heterocycles. The van der Waals surface area contributed by atoms with Gasteiger partial charge >= 0.3 is 0 Å². The fourth-order valence-corrected chi connectivity index (χ4v) is 2.30. The number of nitrogens with zero attached hydrogens (tertiary/aromatic N) is 2. The van der Waals surface area contributed by atoms with Crippen molar-refractivity contribution in [3.63, 3.8) is 0 Å². The Morgan fingerprint density at radius 1 is 1.32 bits per heavy atom. The van der Waals surface area contributed by atoms with E-state index in [0.29, 0.717) is 0 Å². The van der Waals surface area contributed by atoms with E-state index in [4.69, 9.17) is 4.98 Å². The minimum Gasteiger partial charge on any atom is -0.359 e. The van der Waals surface area contributed by atoms with Crippen molar-refractivity contribution >= 4 is 5.82 Å². The van der Waals surface area contributed by atoms with Gasteiger partial charge in [0.25, 0.3) is 0 Å². The van der Waals surface area contributed by atoms with Crippen molar-refractivity contribution in [1.82, 2.24) is 10.3 Å². The normalized spacial score (nSPS) is 14.7. The molecule has 3 heteroatoms. The summed E-state index contributed by atoms with van der Waals surface area (Å²) in [5, 5.41) is 3.48. The van der Waals surface area contributed by atoms with Gasteiger partial charge in [-0.25, -0.2) is 4.98 Å². The molecule has 0 radical (unpaired) electrons. The van der Waals surface area contributed by atoms with Gasteiger partial charge in [-0.3, -0.25) is 0 Å². The van der Waals surface area contributed by atoms with E-state index in [1.54, 1.807) is 0 Å². The van der Waals surface area contributed by atoms with Crippen LogP contribution in [0.15, 0.2) is 12.1 Å². The predicted molar refractivity (Wildman–Crippen MR) is 81.6 cm³/mol. The van der Waals surface area contributed by atoms with Crippen molar-refractivity contribution in [2.24, 2.45) is 5.92 Å². The molecule has 0 saturated heterocycles. The number of anilines is 1. The van der Waals surface area contributed by atoms with Crippen molar-refractivity contribution < 1.29 is 0 Å². The van der Waals surface area contributed by atoms with E-state index in [1.165, 1.54) is 30.5 Å². The molecule has 1 fully saturated rings. The summed E-state index contributed by atoms with van der Waals surface area (Å²) in [6, 6.07) is 4.47. The van der Waals surface area contributed by atoms with E-state index in [2.05, 4.69) is 43.2 Å². The first-order valence-electron chi connectivity index (χ1n) is 7.64. The van der Waals surface area contributed by atoms with Gasteiger partial charge in [0.1, 0.15) is 5.82 Å². The molecule has 106 valence electrons. The van der Waals surface area contributed by atoms with Crippen LogP contribution in [0.1, 0.15) is 44.4 Å². The van der Waals surface area contributed by atoms with E-state index >= 15 is 0 Å². The minimum atomic E-state index is 0.902. The summed E-state index contributed by atoms with van der Waals surface area (Å²) >= 11 is 0. The van der Waals surface area contributed by atoms with Crippen molar-refractivity contribution in [1.29, 1.82) is 0 Å². The van der Waals surface area contributed by atoms with Crippen LogP contribution >= 0.6 is 0 Å². The van der Waals surface area contributed by atoms with Gasteiger partial charge < -0.3 is 10.2 Å². The summed E-state index contributed by atoms with van der Waals surface area (Å²) in [4.78, 5) is 7.08. The number of hydrogen-bond donors (Lipinski definition) is 1. The number of aryl methyl sites for hydroxylation is 1. The first-order valence-corrected chi connectivity index (χ1v) is 7.64. The Hall–Kier alpha value is -1.09. The van der Waals surface area contributed by atoms with Crippen molar-refractivity contribution in [3.8, 4) is 0 Å². The highest BCUT2D eigenvalue weighted by Crippen LogP contribution is 2.30. The Balaban J connectivity index is 2.05. The van der Waals surface area contributed by atoms with Crippen molar-refractivity contribution in [3.05, 3.63) is 23.4 Å². The number of aromatic nitrogens is 1. The van der Waals surface area contributed by atoms with Gasteiger partial charge in [-0.1, -0.05) is 13.8 Å². The number of nitrogens with one attached hydrogen (secondary N) is 1. The Kier molecular flexibility index (Phi) is 5.20. The summed E-state index contributed by atoms with van der Waals surface area (Å²) < 4.78 is 0. The molecule has 0 unspecified atom stereocenters. The predicted octanol–water partition coefficient (Wildman–Crippen LogP) is 2.99. The zero-order chi connectivity index (χ0) is 13.7. The van der Waals surface area contributed by atoms with Gasteiger partial charge in [0, 0.05) is 25.8 Å². The van der Waals surface area contributed by atoms with Gasteiger partial charge in [0.15, 0.2) is 0 Å². The lowest BCUT2D eigenvalue weighted by atomic mass is 10.2. The maximum Gasteiger partial charge on any atom is 0.128 e. The maximum atomic E-state index is 4.76. The Morgan fingerprint density at radius 2 is 2.11 bits per heavy atom. The quantitative estimate of drug-likeness (QED) is 0.729. The number of rotatable bonds is 8. The molecule has 0 aromatic carbocycles. The number of hydrogen-bond acceptors (Lipinski definition) is 3. The van der Waals surface area contributed by atoms with E-state index < -0.39 is 0 Å². The molecule has 1 saturated carbocycles. The largest absolute Gasteiger partial charge is 0.359 e. The monoisotopic (exact) mass is 261 g/mol. The molecule has 1 aromatic rings. The Morgan fingerprint density at radius 3 is 2.74 bits per heavy atom. The first-order chi connectivity index (χ1) is 9.22. The second-order valence-corrected chi connectivity index (χ2v) is 5.68. The zero-order valence-electron chi connectivity index (χ0n) is 12.6. The molecule has 2 rings (SSSR count). The molecule has 1 heterocycles. The van der Waals surface area contributed by atoms with E-state index in [-0.39, 0.29) is 0 Å². The Labute approximate surface area is 117 Å². The highest BCUT2D eigenvalue weighted by atomic mass is 15.2. The minimum absolute atomic E-state index is 0.902. The third-order valence-corrected chi connectivity index (χ3v) is 3.66. The van der Waals surface area contributed by atoms with Crippen LogP contribution in [0, 0.1) is 5.92 Å². The van der Waals surface area contributed by atoms with E-state index in [1.807, 2.05) is 0 Å². The lowest BCUT2D eigenvalue weighted by molar-refractivity contribution is 0.673. The molecule has 1 aliphatic carbocycles. The van der Waals surface area contributed by atoms with Crippen LogP contribution in [0.2, 0.25) is 0 Å². The summed E-state index contributed by atoms with van der Waals surface area (Å²) in [5.74, 6) is 2.04. The van der Waals surface area contributed by atoms with Crippen LogP contribution in [-0.4, -0.2) is 25.1 Å². The van der Waals surface area contributed by atoms with Gasteiger partial charge in [-0.15, -0.1) is 0 Å². The van der Waals surface area contributed by atoms with Gasteiger partial charge in [0.2, 0.25) is 0 Å². The number of pyridine rings is 1. The highest BCUT2D eigenvalue weighted by molar-refractivity contribution is 5.42.